The molecule has 2 aliphatic rings. The number of hydrogen-bond donors (Lipinski definition) is 1. The van der Waals surface area contributed by atoms with Crippen LogP contribution in [0.2, 0.25) is 0 Å². The molecule has 0 radical (unpaired) electrons. The highest BCUT2D eigenvalue weighted by atomic mass is 32.2. The molecule has 1 amide bonds. The van der Waals surface area contributed by atoms with E-state index in [1.807, 2.05) is 0 Å². The Morgan fingerprint density at radius 1 is 1.24 bits per heavy atom. The molecule has 1 aliphatic heterocycles. The highest BCUT2D eigenvalue weighted by molar-refractivity contribution is 7.99. The Hall–Kier alpha value is -1.24. The molecular weight excluding hydrogens is 334 g/mol. The van der Waals surface area contributed by atoms with E-state index in [4.69, 9.17) is 0 Å². The number of aromatic nitrogens is 3. The first kappa shape index (κ1) is 18.5. The van der Waals surface area contributed by atoms with Crippen LogP contribution in [0, 0.1) is 5.92 Å². The van der Waals surface area contributed by atoms with Crippen LogP contribution in [0.1, 0.15) is 65.8 Å². The van der Waals surface area contributed by atoms with Gasteiger partial charge >= 0.3 is 0 Å². The summed E-state index contributed by atoms with van der Waals surface area (Å²) in [7, 11) is 0. The Morgan fingerprint density at radius 2 is 1.92 bits per heavy atom. The van der Waals surface area contributed by atoms with Gasteiger partial charge in [0.1, 0.15) is 0 Å². The fraction of sp³-hybridized carbons (Fsp3) is 0.833. The van der Waals surface area contributed by atoms with E-state index in [9.17, 15) is 4.79 Å². The summed E-state index contributed by atoms with van der Waals surface area (Å²) in [6.07, 6.45) is 5.73. The minimum absolute atomic E-state index is 0.0653. The van der Waals surface area contributed by atoms with E-state index in [2.05, 4.69) is 52.7 Å². The van der Waals surface area contributed by atoms with Crippen molar-refractivity contribution in [3.05, 3.63) is 0 Å². The first-order chi connectivity index (χ1) is 11.9. The summed E-state index contributed by atoms with van der Waals surface area (Å²) in [4.78, 5) is 14.6. The van der Waals surface area contributed by atoms with Crippen molar-refractivity contribution in [1.82, 2.24) is 20.1 Å². The Balaban J connectivity index is 1.65. The molecule has 0 atom stereocenters. The summed E-state index contributed by atoms with van der Waals surface area (Å²) in [6, 6.07) is 0.516. The van der Waals surface area contributed by atoms with Crippen molar-refractivity contribution in [2.24, 2.45) is 5.92 Å². The standard InChI is InChI=1S/C18H31N5OS/c1-5-18(3,4)19-15(24)12-25-17-21-20-16(23(17)14-6-7-14)22-10-8-13(2)9-11-22/h13-14H,5-12H2,1-4H3,(H,19,24). The van der Waals surface area contributed by atoms with Crippen molar-refractivity contribution in [2.45, 2.75) is 76.5 Å². The molecular formula is C18H31N5OS. The molecule has 6 nitrogen and oxygen atoms in total. The smallest absolute Gasteiger partial charge is 0.230 e. The molecule has 1 aliphatic carbocycles. The van der Waals surface area contributed by atoms with E-state index >= 15 is 0 Å². The molecule has 2 heterocycles. The molecule has 0 unspecified atom stereocenters. The molecule has 1 saturated heterocycles. The van der Waals surface area contributed by atoms with E-state index < -0.39 is 0 Å². The number of rotatable bonds is 7. The maximum absolute atomic E-state index is 12.2. The normalized spacial score (nSPS) is 19.3. The van der Waals surface area contributed by atoms with Crippen molar-refractivity contribution in [2.75, 3.05) is 23.7 Å². The van der Waals surface area contributed by atoms with Crippen molar-refractivity contribution >= 4 is 23.6 Å². The second kappa shape index (κ2) is 7.56. The molecule has 0 aromatic carbocycles. The number of amides is 1. The third-order valence-corrected chi connectivity index (χ3v) is 6.26. The van der Waals surface area contributed by atoms with Crippen molar-refractivity contribution in [3.8, 4) is 0 Å². The van der Waals surface area contributed by atoms with Gasteiger partial charge in [-0.3, -0.25) is 9.36 Å². The SMILES string of the molecule is CCC(C)(C)NC(=O)CSc1nnc(N2CCC(C)CC2)n1C1CC1. The Labute approximate surface area is 155 Å². The average molecular weight is 366 g/mol. The second-order valence-electron chi connectivity index (χ2n) is 8.13. The summed E-state index contributed by atoms with van der Waals surface area (Å²) in [5, 5.41) is 12.9. The first-order valence-electron chi connectivity index (χ1n) is 9.53. The number of nitrogens with zero attached hydrogens (tertiary/aromatic N) is 4. The average Bonchev–Trinajstić information content (AvgIpc) is 3.33. The summed E-state index contributed by atoms with van der Waals surface area (Å²) in [5.41, 5.74) is -0.155. The zero-order valence-corrected chi connectivity index (χ0v) is 16.7. The fourth-order valence-electron chi connectivity index (χ4n) is 3.08. The van der Waals surface area contributed by atoms with Gasteiger partial charge in [-0.1, -0.05) is 25.6 Å². The van der Waals surface area contributed by atoms with Crippen LogP contribution in [0.25, 0.3) is 0 Å². The van der Waals surface area contributed by atoms with E-state index in [1.165, 1.54) is 37.4 Å². The van der Waals surface area contributed by atoms with Crippen LogP contribution in [0.3, 0.4) is 0 Å². The highest BCUT2D eigenvalue weighted by Gasteiger charge is 2.32. The highest BCUT2D eigenvalue weighted by Crippen LogP contribution is 2.41. The minimum atomic E-state index is -0.155. The van der Waals surface area contributed by atoms with Gasteiger partial charge < -0.3 is 10.2 Å². The van der Waals surface area contributed by atoms with Gasteiger partial charge in [-0.05, 0) is 51.9 Å². The van der Waals surface area contributed by atoms with Gasteiger partial charge in [0, 0.05) is 24.7 Å². The molecule has 7 heteroatoms. The minimum Gasteiger partial charge on any atom is -0.351 e. The molecule has 3 rings (SSSR count). The van der Waals surface area contributed by atoms with E-state index in [-0.39, 0.29) is 11.4 Å². The lowest BCUT2D eigenvalue weighted by Gasteiger charge is -2.31. The molecule has 0 bridgehead atoms. The predicted octanol–water partition coefficient (Wildman–Crippen LogP) is 3.25. The number of piperidine rings is 1. The Kier molecular flexibility index (Phi) is 5.61. The summed E-state index contributed by atoms with van der Waals surface area (Å²) in [6.45, 7) is 10.6. The number of anilines is 1. The summed E-state index contributed by atoms with van der Waals surface area (Å²) in [5.74, 6) is 2.26. The van der Waals surface area contributed by atoms with Gasteiger partial charge in [0.05, 0.1) is 5.75 Å². The zero-order valence-electron chi connectivity index (χ0n) is 15.9. The zero-order chi connectivity index (χ0) is 18.0. The first-order valence-corrected chi connectivity index (χ1v) is 10.5. The van der Waals surface area contributed by atoms with Gasteiger partial charge in [-0.15, -0.1) is 10.2 Å². The van der Waals surface area contributed by atoms with Crippen LogP contribution in [-0.2, 0) is 4.79 Å². The second-order valence-corrected chi connectivity index (χ2v) is 9.07. The lowest BCUT2D eigenvalue weighted by Crippen LogP contribution is -2.43. The largest absolute Gasteiger partial charge is 0.351 e. The Morgan fingerprint density at radius 3 is 2.52 bits per heavy atom. The third kappa shape index (κ3) is 4.68. The number of carbonyl (C=O) groups is 1. The lowest BCUT2D eigenvalue weighted by molar-refractivity contribution is -0.120. The monoisotopic (exact) mass is 365 g/mol. The van der Waals surface area contributed by atoms with E-state index in [0.29, 0.717) is 11.8 Å². The maximum Gasteiger partial charge on any atom is 0.230 e. The topological polar surface area (TPSA) is 63.1 Å². The van der Waals surface area contributed by atoms with Gasteiger partial charge in [-0.2, -0.15) is 0 Å². The molecule has 0 spiro atoms. The molecule has 2 fully saturated rings. The number of carbonyl (C=O) groups excluding carboxylic acids is 1. The van der Waals surface area contributed by atoms with Gasteiger partial charge in [0.2, 0.25) is 11.9 Å². The molecule has 1 N–H and O–H groups in total. The number of nitrogens with one attached hydrogen (secondary N) is 1. The van der Waals surface area contributed by atoms with Gasteiger partial charge in [0.25, 0.3) is 0 Å². The van der Waals surface area contributed by atoms with Crippen molar-refractivity contribution < 1.29 is 4.79 Å². The maximum atomic E-state index is 12.2. The van der Waals surface area contributed by atoms with Crippen molar-refractivity contribution in [1.29, 1.82) is 0 Å². The quantitative estimate of drug-likeness (QED) is 0.752. The Bertz CT molecular complexity index is 603. The van der Waals surface area contributed by atoms with Gasteiger partial charge in [0.15, 0.2) is 5.16 Å². The molecule has 25 heavy (non-hydrogen) atoms. The van der Waals surface area contributed by atoms with Crippen LogP contribution in [0.5, 0.6) is 0 Å². The molecule has 1 saturated carbocycles. The van der Waals surface area contributed by atoms with Gasteiger partial charge in [-0.25, -0.2) is 0 Å². The summed E-state index contributed by atoms with van der Waals surface area (Å²) < 4.78 is 2.28. The number of hydrogen-bond acceptors (Lipinski definition) is 5. The van der Waals surface area contributed by atoms with E-state index in [0.717, 1.165) is 36.5 Å². The fourth-order valence-corrected chi connectivity index (χ4v) is 3.88. The predicted molar refractivity (Wildman–Crippen MR) is 102 cm³/mol. The third-order valence-electron chi connectivity index (χ3n) is 5.32. The molecule has 1 aromatic rings. The lowest BCUT2D eigenvalue weighted by atomic mass is 10.00. The summed E-state index contributed by atoms with van der Waals surface area (Å²) >= 11 is 1.51. The van der Waals surface area contributed by atoms with Crippen LogP contribution < -0.4 is 10.2 Å². The van der Waals surface area contributed by atoms with Crippen molar-refractivity contribution in [3.63, 3.8) is 0 Å². The van der Waals surface area contributed by atoms with E-state index in [1.54, 1.807) is 0 Å². The van der Waals surface area contributed by atoms with Crippen LogP contribution in [-0.4, -0.2) is 45.1 Å². The van der Waals surface area contributed by atoms with Crippen LogP contribution in [0.15, 0.2) is 5.16 Å². The van der Waals surface area contributed by atoms with Crippen LogP contribution >= 0.6 is 11.8 Å². The molecule has 140 valence electrons. The molecule has 1 aromatic heterocycles. The van der Waals surface area contributed by atoms with Crippen LogP contribution in [0.4, 0.5) is 5.95 Å². The number of thioether (sulfide) groups is 1.